The summed E-state index contributed by atoms with van der Waals surface area (Å²) in [6.45, 7) is 2.10. The first-order valence-electron chi connectivity index (χ1n) is 7.23. The van der Waals surface area contributed by atoms with Crippen LogP contribution in [-0.2, 0) is 9.59 Å². The number of hydrogen-bond donors (Lipinski definition) is 1. The molecule has 1 aromatic rings. The third-order valence-electron chi connectivity index (χ3n) is 4.56. The summed E-state index contributed by atoms with van der Waals surface area (Å²) in [4.78, 5) is 26.4. The summed E-state index contributed by atoms with van der Waals surface area (Å²) in [5.74, 6) is 0.281. The smallest absolute Gasteiger partial charge is 0.230 e. The minimum absolute atomic E-state index is 0.0618. The van der Waals surface area contributed by atoms with Gasteiger partial charge in [-0.25, -0.2) is 0 Å². The Hall–Kier alpha value is -1.84. The predicted octanol–water partition coefficient (Wildman–Crippen LogP) is 2.37. The fourth-order valence-electron chi connectivity index (χ4n) is 2.97. The SMILES string of the molecule is C[C@@H](C1CC1)N(C)C(=O)[C@H]1CC(=O)Nc2ccccc21. The highest BCUT2D eigenvalue weighted by Gasteiger charge is 2.37. The molecule has 2 atom stereocenters. The van der Waals surface area contributed by atoms with Gasteiger partial charge in [0.15, 0.2) is 0 Å². The van der Waals surface area contributed by atoms with Crippen molar-refractivity contribution in [2.24, 2.45) is 5.92 Å². The number of rotatable bonds is 3. The van der Waals surface area contributed by atoms with E-state index in [4.69, 9.17) is 0 Å². The summed E-state index contributed by atoms with van der Waals surface area (Å²) >= 11 is 0. The van der Waals surface area contributed by atoms with Gasteiger partial charge in [-0.2, -0.15) is 0 Å². The number of benzene rings is 1. The molecule has 0 aromatic heterocycles. The van der Waals surface area contributed by atoms with Crippen molar-refractivity contribution >= 4 is 17.5 Å². The molecule has 0 unspecified atom stereocenters. The van der Waals surface area contributed by atoms with Crippen LogP contribution in [0.1, 0.15) is 37.7 Å². The summed E-state index contributed by atoms with van der Waals surface area (Å²) in [5.41, 5.74) is 1.71. The van der Waals surface area contributed by atoms with Gasteiger partial charge < -0.3 is 10.2 Å². The average Bonchev–Trinajstić information content (AvgIpc) is 3.28. The first-order valence-corrected chi connectivity index (χ1v) is 7.23. The number of para-hydroxylation sites is 1. The van der Waals surface area contributed by atoms with E-state index in [0.29, 0.717) is 5.92 Å². The fraction of sp³-hybridized carbons (Fsp3) is 0.500. The van der Waals surface area contributed by atoms with Crippen molar-refractivity contribution in [3.8, 4) is 0 Å². The highest BCUT2D eigenvalue weighted by atomic mass is 16.2. The molecule has 0 radical (unpaired) electrons. The third kappa shape index (κ3) is 2.30. The minimum Gasteiger partial charge on any atom is -0.342 e. The van der Waals surface area contributed by atoms with Crippen molar-refractivity contribution in [3.05, 3.63) is 29.8 Å². The Morgan fingerprint density at radius 1 is 1.35 bits per heavy atom. The molecule has 1 saturated carbocycles. The van der Waals surface area contributed by atoms with Crippen molar-refractivity contribution in [3.63, 3.8) is 0 Å². The normalized spacial score (nSPS) is 22.7. The predicted molar refractivity (Wildman–Crippen MR) is 77.4 cm³/mol. The molecule has 4 heteroatoms. The van der Waals surface area contributed by atoms with Crippen LogP contribution >= 0.6 is 0 Å². The van der Waals surface area contributed by atoms with Gasteiger partial charge >= 0.3 is 0 Å². The molecule has 1 aliphatic carbocycles. The van der Waals surface area contributed by atoms with E-state index in [0.717, 1.165) is 11.3 Å². The maximum Gasteiger partial charge on any atom is 0.230 e. The zero-order valence-electron chi connectivity index (χ0n) is 11.9. The number of fused-ring (bicyclic) bond motifs is 1. The second kappa shape index (κ2) is 4.93. The minimum atomic E-state index is -0.342. The maximum atomic E-state index is 12.7. The lowest BCUT2D eigenvalue weighted by Gasteiger charge is -2.32. The zero-order valence-corrected chi connectivity index (χ0v) is 11.9. The topological polar surface area (TPSA) is 49.4 Å². The Kier molecular flexibility index (Phi) is 3.24. The number of carbonyl (C=O) groups excluding carboxylic acids is 2. The summed E-state index contributed by atoms with van der Waals surface area (Å²) < 4.78 is 0. The van der Waals surface area contributed by atoms with Crippen LogP contribution in [0.2, 0.25) is 0 Å². The number of likely N-dealkylation sites (N-methyl/N-ethyl adjacent to an activating group) is 1. The number of nitrogens with one attached hydrogen (secondary N) is 1. The molecule has 20 heavy (non-hydrogen) atoms. The molecule has 0 saturated heterocycles. The van der Waals surface area contributed by atoms with E-state index in [1.165, 1.54) is 12.8 Å². The molecule has 0 spiro atoms. The molecule has 0 bridgehead atoms. The third-order valence-corrected chi connectivity index (χ3v) is 4.56. The standard InChI is InChI=1S/C16H20N2O2/c1-10(11-7-8-11)18(2)16(20)13-9-15(19)17-14-6-4-3-5-12(13)14/h3-6,10-11,13H,7-9H2,1-2H3,(H,17,19)/t10-,13-/m0/s1. The van der Waals surface area contributed by atoms with Crippen LogP contribution in [0.25, 0.3) is 0 Å². The van der Waals surface area contributed by atoms with Gasteiger partial charge in [0.1, 0.15) is 0 Å². The molecule has 1 aromatic carbocycles. The Bertz CT molecular complexity index is 551. The van der Waals surface area contributed by atoms with Crippen LogP contribution in [0.4, 0.5) is 5.69 Å². The number of anilines is 1. The molecule has 1 aliphatic heterocycles. The van der Waals surface area contributed by atoms with Crippen LogP contribution in [-0.4, -0.2) is 29.8 Å². The van der Waals surface area contributed by atoms with E-state index in [1.807, 2.05) is 36.2 Å². The lowest BCUT2D eigenvalue weighted by atomic mass is 9.89. The van der Waals surface area contributed by atoms with E-state index >= 15 is 0 Å². The second-order valence-corrected chi connectivity index (χ2v) is 5.92. The van der Waals surface area contributed by atoms with Crippen molar-refractivity contribution < 1.29 is 9.59 Å². The Balaban J connectivity index is 1.85. The summed E-state index contributed by atoms with van der Waals surface area (Å²) in [7, 11) is 1.86. The highest BCUT2D eigenvalue weighted by Crippen LogP contribution is 2.37. The Morgan fingerprint density at radius 2 is 2.05 bits per heavy atom. The molecule has 3 rings (SSSR count). The van der Waals surface area contributed by atoms with Crippen LogP contribution in [0.3, 0.4) is 0 Å². The molecule has 1 fully saturated rings. The van der Waals surface area contributed by atoms with Crippen molar-refractivity contribution in [2.45, 2.75) is 38.1 Å². The summed E-state index contributed by atoms with van der Waals surface area (Å²) in [6, 6.07) is 7.85. The zero-order chi connectivity index (χ0) is 14.3. The fourth-order valence-corrected chi connectivity index (χ4v) is 2.97. The lowest BCUT2D eigenvalue weighted by Crippen LogP contribution is -2.41. The Labute approximate surface area is 119 Å². The van der Waals surface area contributed by atoms with E-state index in [2.05, 4.69) is 12.2 Å². The number of carbonyl (C=O) groups is 2. The van der Waals surface area contributed by atoms with Crippen LogP contribution in [0, 0.1) is 5.92 Å². The van der Waals surface area contributed by atoms with Gasteiger partial charge in [0, 0.05) is 25.2 Å². The molecule has 106 valence electrons. The summed E-state index contributed by atoms with van der Waals surface area (Å²) in [5, 5.41) is 2.84. The molecule has 4 nitrogen and oxygen atoms in total. The van der Waals surface area contributed by atoms with Gasteiger partial charge in [0.05, 0.1) is 5.92 Å². The molecular formula is C16H20N2O2. The van der Waals surface area contributed by atoms with Gasteiger partial charge in [-0.05, 0) is 37.3 Å². The van der Waals surface area contributed by atoms with Crippen molar-refractivity contribution in [1.82, 2.24) is 4.90 Å². The monoisotopic (exact) mass is 272 g/mol. The number of nitrogens with zero attached hydrogens (tertiary/aromatic N) is 1. The average molecular weight is 272 g/mol. The molecule has 2 aliphatic rings. The van der Waals surface area contributed by atoms with Crippen LogP contribution in [0.15, 0.2) is 24.3 Å². The first kappa shape index (κ1) is 13.2. The largest absolute Gasteiger partial charge is 0.342 e. The first-order chi connectivity index (χ1) is 9.58. The molecular weight excluding hydrogens is 252 g/mol. The van der Waals surface area contributed by atoms with E-state index in [-0.39, 0.29) is 30.2 Å². The number of amides is 2. The molecule has 1 heterocycles. The Morgan fingerprint density at radius 3 is 2.75 bits per heavy atom. The number of hydrogen-bond acceptors (Lipinski definition) is 2. The quantitative estimate of drug-likeness (QED) is 0.918. The van der Waals surface area contributed by atoms with Gasteiger partial charge in [0.25, 0.3) is 0 Å². The lowest BCUT2D eigenvalue weighted by molar-refractivity contribution is -0.135. The van der Waals surface area contributed by atoms with E-state index < -0.39 is 0 Å². The molecule has 1 N–H and O–H groups in total. The van der Waals surface area contributed by atoms with Crippen molar-refractivity contribution in [2.75, 3.05) is 12.4 Å². The van der Waals surface area contributed by atoms with Crippen molar-refractivity contribution in [1.29, 1.82) is 0 Å². The molecule has 2 amide bonds. The van der Waals surface area contributed by atoms with E-state index in [1.54, 1.807) is 0 Å². The summed E-state index contributed by atoms with van der Waals surface area (Å²) in [6.07, 6.45) is 2.67. The maximum absolute atomic E-state index is 12.7. The van der Waals surface area contributed by atoms with Gasteiger partial charge in [0.2, 0.25) is 11.8 Å². The van der Waals surface area contributed by atoms with Crippen LogP contribution in [0.5, 0.6) is 0 Å². The van der Waals surface area contributed by atoms with Gasteiger partial charge in [-0.3, -0.25) is 9.59 Å². The van der Waals surface area contributed by atoms with Crippen LogP contribution < -0.4 is 5.32 Å². The van der Waals surface area contributed by atoms with Gasteiger partial charge in [-0.1, -0.05) is 18.2 Å². The second-order valence-electron chi connectivity index (χ2n) is 5.92. The van der Waals surface area contributed by atoms with Gasteiger partial charge in [-0.15, -0.1) is 0 Å². The highest BCUT2D eigenvalue weighted by molar-refractivity contribution is 6.01. The van der Waals surface area contributed by atoms with E-state index in [9.17, 15) is 9.59 Å².